The van der Waals surface area contributed by atoms with Gasteiger partial charge < -0.3 is 14.8 Å². The van der Waals surface area contributed by atoms with Crippen LogP contribution in [0.4, 0.5) is 0 Å². The maximum absolute atomic E-state index is 5.88. The predicted octanol–water partition coefficient (Wildman–Crippen LogP) is 2.59. The molecule has 1 fully saturated rings. The van der Waals surface area contributed by atoms with Crippen LogP contribution in [0.15, 0.2) is 0 Å². The molecule has 0 aromatic rings. The molecule has 0 aromatic carbocycles. The van der Waals surface area contributed by atoms with E-state index in [9.17, 15) is 0 Å². The summed E-state index contributed by atoms with van der Waals surface area (Å²) >= 11 is 0. The van der Waals surface area contributed by atoms with E-state index in [-0.39, 0.29) is 5.60 Å². The smallest absolute Gasteiger partial charge is 0.0666 e. The molecular weight excluding hydrogens is 214 g/mol. The molecule has 0 spiro atoms. The largest absolute Gasteiger partial charge is 0.383 e. The van der Waals surface area contributed by atoms with E-state index < -0.39 is 0 Å². The van der Waals surface area contributed by atoms with E-state index >= 15 is 0 Å². The van der Waals surface area contributed by atoms with E-state index in [1.165, 1.54) is 0 Å². The van der Waals surface area contributed by atoms with Crippen molar-refractivity contribution in [3.63, 3.8) is 0 Å². The highest BCUT2D eigenvalue weighted by Gasteiger charge is 2.32. The van der Waals surface area contributed by atoms with Crippen LogP contribution in [-0.2, 0) is 9.47 Å². The first-order valence-electron chi connectivity index (χ1n) is 6.89. The van der Waals surface area contributed by atoms with Crippen molar-refractivity contribution >= 4 is 0 Å². The third-order valence-electron chi connectivity index (χ3n) is 3.94. The lowest BCUT2D eigenvalue weighted by molar-refractivity contribution is -0.0806. The fourth-order valence-corrected chi connectivity index (χ4v) is 2.43. The molecule has 0 radical (unpaired) electrons. The van der Waals surface area contributed by atoms with Gasteiger partial charge in [0.2, 0.25) is 0 Å². The Morgan fingerprint density at radius 3 is 2.71 bits per heavy atom. The van der Waals surface area contributed by atoms with Crippen molar-refractivity contribution < 1.29 is 9.47 Å². The van der Waals surface area contributed by atoms with Gasteiger partial charge in [0.05, 0.1) is 12.2 Å². The molecule has 3 atom stereocenters. The second kappa shape index (κ2) is 6.72. The van der Waals surface area contributed by atoms with Gasteiger partial charge in [-0.15, -0.1) is 0 Å². The summed E-state index contributed by atoms with van der Waals surface area (Å²) in [6.45, 7) is 10.6. The van der Waals surface area contributed by atoms with Crippen molar-refractivity contribution in [2.45, 2.75) is 64.6 Å². The minimum Gasteiger partial charge on any atom is -0.383 e. The van der Waals surface area contributed by atoms with Gasteiger partial charge in [0, 0.05) is 25.8 Å². The maximum atomic E-state index is 5.88. The summed E-state index contributed by atoms with van der Waals surface area (Å²) < 4.78 is 11.2. The minimum absolute atomic E-state index is 0.0600. The van der Waals surface area contributed by atoms with Gasteiger partial charge in [-0.05, 0) is 32.1 Å². The van der Waals surface area contributed by atoms with E-state index in [0.717, 1.165) is 32.5 Å². The zero-order chi connectivity index (χ0) is 12.9. The molecular formula is C14H29NO2. The summed E-state index contributed by atoms with van der Waals surface area (Å²) in [6.07, 6.45) is 3.31. The third kappa shape index (κ3) is 4.57. The van der Waals surface area contributed by atoms with Gasteiger partial charge in [0.1, 0.15) is 0 Å². The number of nitrogens with one attached hydrogen (secondary N) is 1. The van der Waals surface area contributed by atoms with Crippen LogP contribution in [-0.4, -0.2) is 38.0 Å². The molecule has 3 unspecified atom stereocenters. The Morgan fingerprint density at radius 1 is 1.47 bits per heavy atom. The van der Waals surface area contributed by atoms with Crippen molar-refractivity contribution in [3.05, 3.63) is 0 Å². The van der Waals surface area contributed by atoms with E-state index in [1.807, 2.05) is 0 Å². The van der Waals surface area contributed by atoms with E-state index in [4.69, 9.17) is 9.47 Å². The molecule has 1 heterocycles. The van der Waals surface area contributed by atoms with Crippen molar-refractivity contribution in [3.8, 4) is 0 Å². The summed E-state index contributed by atoms with van der Waals surface area (Å²) in [7, 11) is 1.78. The fraction of sp³-hybridized carbons (Fsp3) is 1.00. The Hall–Kier alpha value is -0.120. The van der Waals surface area contributed by atoms with E-state index in [0.29, 0.717) is 18.0 Å². The first-order valence-corrected chi connectivity index (χ1v) is 6.89. The minimum atomic E-state index is 0.0600. The number of hydrogen-bond donors (Lipinski definition) is 1. The zero-order valence-electron chi connectivity index (χ0n) is 12.1. The maximum Gasteiger partial charge on any atom is 0.0666 e. The molecule has 0 saturated carbocycles. The van der Waals surface area contributed by atoms with Gasteiger partial charge >= 0.3 is 0 Å². The van der Waals surface area contributed by atoms with Gasteiger partial charge in [-0.1, -0.05) is 20.8 Å². The Kier molecular flexibility index (Phi) is 5.90. The van der Waals surface area contributed by atoms with Crippen LogP contribution >= 0.6 is 0 Å². The SMILES string of the molecule is CCC1(C)CC(NC(COC)C(C)C)CCO1. The molecule has 0 amide bonds. The van der Waals surface area contributed by atoms with E-state index in [1.54, 1.807) is 7.11 Å². The average molecular weight is 243 g/mol. The molecule has 1 saturated heterocycles. The summed E-state index contributed by atoms with van der Waals surface area (Å²) in [5.41, 5.74) is 0.0600. The number of methoxy groups -OCH3 is 1. The molecule has 17 heavy (non-hydrogen) atoms. The molecule has 1 rings (SSSR count). The molecule has 0 aliphatic carbocycles. The van der Waals surface area contributed by atoms with Crippen LogP contribution in [0.1, 0.15) is 47.0 Å². The molecule has 102 valence electrons. The predicted molar refractivity (Wildman–Crippen MR) is 71.3 cm³/mol. The highest BCUT2D eigenvalue weighted by atomic mass is 16.5. The molecule has 1 aliphatic rings. The molecule has 3 heteroatoms. The molecule has 0 aromatic heterocycles. The lowest BCUT2D eigenvalue weighted by atomic mass is 9.89. The molecule has 1 aliphatic heterocycles. The van der Waals surface area contributed by atoms with Gasteiger partial charge in [-0.2, -0.15) is 0 Å². The van der Waals surface area contributed by atoms with Gasteiger partial charge in [0.15, 0.2) is 0 Å². The Labute approximate surface area is 106 Å². The van der Waals surface area contributed by atoms with Crippen LogP contribution < -0.4 is 5.32 Å². The van der Waals surface area contributed by atoms with Crippen molar-refractivity contribution in [1.82, 2.24) is 5.32 Å². The second-order valence-corrected chi connectivity index (χ2v) is 5.81. The topological polar surface area (TPSA) is 30.5 Å². The Morgan fingerprint density at radius 2 is 2.18 bits per heavy atom. The highest BCUT2D eigenvalue weighted by molar-refractivity contribution is 4.87. The van der Waals surface area contributed by atoms with Crippen LogP contribution in [0, 0.1) is 5.92 Å². The van der Waals surface area contributed by atoms with E-state index in [2.05, 4.69) is 33.0 Å². The molecule has 0 bridgehead atoms. The van der Waals surface area contributed by atoms with Gasteiger partial charge in [-0.25, -0.2) is 0 Å². The van der Waals surface area contributed by atoms with Crippen molar-refractivity contribution in [1.29, 1.82) is 0 Å². The highest BCUT2D eigenvalue weighted by Crippen LogP contribution is 2.28. The first-order chi connectivity index (χ1) is 8.00. The van der Waals surface area contributed by atoms with Crippen molar-refractivity contribution in [2.75, 3.05) is 20.3 Å². The molecule has 3 nitrogen and oxygen atoms in total. The average Bonchev–Trinajstić information content (AvgIpc) is 2.28. The quantitative estimate of drug-likeness (QED) is 0.778. The lowest BCUT2D eigenvalue weighted by Gasteiger charge is -2.40. The summed E-state index contributed by atoms with van der Waals surface area (Å²) in [5, 5.41) is 3.74. The van der Waals surface area contributed by atoms with Crippen LogP contribution in [0.3, 0.4) is 0 Å². The normalized spacial score (nSPS) is 31.8. The van der Waals surface area contributed by atoms with Gasteiger partial charge in [-0.3, -0.25) is 0 Å². The summed E-state index contributed by atoms with van der Waals surface area (Å²) in [6, 6.07) is 1.01. The first kappa shape index (κ1) is 14.9. The monoisotopic (exact) mass is 243 g/mol. The molecule has 1 N–H and O–H groups in total. The Bertz CT molecular complexity index is 220. The third-order valence-corrected chi connectivity index (χ3v) is 3.94. The standard InChI is InChI=1S/C14H29NO2/c1-6-14(4)9-12(7-8-17-14)15-13(10-16-5)11(2)3/h11-13,15H,6-10H2,1-5H3. The Balaban J connectivity index is 2.49. The number of hydrogen-bond acceptors (Lipinski definition) is 3. The van der Waals surface area contributed by atoms with Crippen LogP contribution in [0.25, 0.3) is 0 Å². The summed E-state index contributed by atoms with van der Waals surface area (Å²) in [5.74, 6) is 0.602. The number of rotatable bonds is 6. The zero-order valence-corrected chi connectivity index (χ0v) is 12.1. The second-order valence-electron chi connectivity index (χ2n) is 5.81. The van der Waals surface area contributed by atoms with Crippen molar-refractivity contribution in [2.24, 2.45) is 5.92 Å². The fourth-order valence-electron chi connectivity index (χ4n) is 2.43. The van der Waals surface area contributed by atoms with Gasteiger partial charge in [0.25, 0.3) is 0 Å². The lowest BCUT2D eigenvalue weighted by Crippen LogP contribution is -2.50. The van der Waals surface area contributed by atoms with Crippen LogP contribution in [0.5, 0.6) is 0 Å². The summed E-state index contributed by atoms with van der Waals surface area (Å²) in [4.78, 5) is 0. The van der Waals surface area contributed by atoms with Crippen LogP contribution in [0.2, 0.25) is 0 Å². The number of ether oxygens (including phenoxy) is 2.